The van der Waals surface area contributed by atoms with Crippen molar-refractivity contribution < 1.29 is 14.0 Å². The number of rotatable bonds is 4. The van der Waals surface area contributed by atoms with Crippen LogP contribution < -0.4 is 10.6 Å². The van der Waals surface area contributed by atoms with Crippen LogP contribution in [0.2, 0.25) is 0 Å². The second-order valence-corrected chi connectivity index (χ2v) is 5.70. The Balaban J connectivity index is 1.51. The first-order valence-corrected chi connectivity index (χ1v) is 8.05. The zero-order chi connectivity index (χ0) is 18.8. The zero-order valence-electron chi connectivity index (χ0n) is 14.2. The Morgan fingerprint density at radius 1 is 1.04 bits per heavy atom. The lowest BCUT2D eigenvalue weighted by Crippen LogP contribution is -2.15. The van der Waals surface area contributed by atoms with Crippen LogP contribution in [0.5, 0.6) is 0 Å². The van der Waals surface area contributed by atoms with Crippen molar-refractivity contribution in [2.75, 3.05) is 10.6 Å². The van der Waals surface area contributed by atoms with Gasteiger partial charge in [-0.2, -0.15) is 4.98 Å². The van der Waals surface area contributed by atoms with Crippen molar-refractivity contribution in [3.63, 3.8) is 0 Å². The topological polar surface area (TPSA) is 114 Å². The molecule has 4 rings (SSSR count). The summed E-state index contributed by atoms with van der Waals surface area (Å²) in [5, 5.41) is 9.57. The zero-order valence-corrected chi connectivity index (χ0v) is 14.2. The maximum Gasteiger partial charge on any atom is 0.295 e. The fourth-order valence-corrected chi connectivity index (χ4v) is 2.46. The number of amides is 2. The summed E-state index contributed by atoms with van der Waals surface area (Å²) in [6, 6.07) is 11.7. The minimum absolute atomic E-state index is 0.00169. The lowest BCUT2D eigenvalue weighted by atomic mass is 10.2. The first-order valence-electron chi connectivity index (χ1n) is 8.05. The number of benzene rings is 1. The number of furan rings is 1. The first-order chi connectivity index (χ1) is 13.1. The molecular formula is C18H14N6O3. The molecule has 27 heavy (non-hydrogen) atoms. The quantitative estimate of drug-likeness (QED) is 0.576. The highest BCUT2D eigenvalue weighted by Crippen LogP contribution is 2.17. The molecule has 0 bridgehead atoms. The molecule has 0 aliphatic carbocycles. The van der Waals surface area contributed by atoms with Gasteiger partial charge < -0.3 is 15.1 Å². The molecule has 9 heteroatoms. The maximum atomic E-state index is 12.4. The molecule has 0 atom stereocenters. The van der Waals surface area contributed by atoms with Crippen LogP contribution in [0, 0.1) is 6.92 Å². The third kappa shape index (κ3) is 3.38. The van der Waals surface area contributed by atoms with Gasteiger partial charge >= 0.3 is 0 Å². The van der Waals surface area contributed by atoms with E-state index >= 15 is 0 Å². The number of carbonyl (C=O) groups excluding carboxylic acids is 2. The standard InChI is InChI=1S/C18H14N6O3/c1-11-7-8-19-18-22-15(23-24(11)18)17(26)21-13-5-2-4-12(10-13)20-16(25)14-6-3-9-27-14/h2-10H,1H3,(H,20,25)(H,21,26). The second-order valence-electron chi connectivity index (χ2n) is 5.70. The van der Waals surface area contributed by atoms with Crippen LogP contribution in [0.15, 0.2) is 59.3 Å². The summed E-state index contributed by atoms with van der Waals surface area (Å²) in [5.41, 5.74) is 1.81. The van der Waals surface area contributed by atoms with Gasteiger partial charge in [0.15, 0.2) is 5.76 Å². The SMILES string of the molecule is Cc1ccnc2nc(C(=O)Nc3cccc(NC(=O)c4ccco4)c3)nn12. The van der Waals surface area contributed by atoms with E-state index in [9.17, 15) is 9.59 Å². The van der Waals surface area contributed by atoms with E-state index in [4.69, 9.17) is 4.42 Å². The van der Waals surface area contributed by atoms with Crippen LogP contribution in [0.25, 0.3) is 5.78 Å². The van der Waals surface area contributed by atoms with Gasteiger partial charge in [-0.15, -0.1) is 5.10 Å². The maximum absolute atomic E-state index is 12.4. The molecule has 134 valence electrons. The fourth-order valence-electron chi connectivity index (χ4n) is 2.46. The molecule has 0 unspecified atom stereocenters. The van der Waals surface area contributed by atoms with Crippen molar-refractivity contribution in [1.29, 1.82) is 0 Å². The number of carbonyl (C=O) groups is 2. The van der Waals surface area contributed by atoms with Crippen molar-refractivity contribution in [3.05, 3.63) is 72.2 Å². The van der Waals surface area contributed by atoms with Crippen LogP contribution >= 0.6 is 0 Å². The van der Waals surface area contributed by atoms with E-state index in [1.807, 2.05) is 6.92 Å². The Morgan fingerprint density at radius 2 is 1.81 bits per heavy atom. The molecule has 2 N–H and O–H groups in total. The van der Waals surface area contributed by atoms with E-state index in [-0.39, 0.29) is 17.5 Å². The van der Waals surface area contributed by atoms with Crippen molar-refractivity contribution in [2.24, 2.45) is 0 Å². The van der Waals surface area contributed by atoms with Crippen molar-refractivity contribution in [2.45, 2.75) is 6.92 Å². The number of hydrogen-bond donors (Lipinski definition) is 2. The van der Waals surface area contributed by atoms with Gasteiger partial charge in [-0.05, 0) is 43.3 Å². The van der Waals surface area contributed by atoms with Crippen LogP contribution in [0.1, 0.15) is 26.9 Å². The molecule has 9 nitrogen and oxygen atoms in total. The molecule has 0 spiro atoms. The van der Waals surface area contributed by atoms with E-state index < -0.39 is 5.91 Å². The lowest BCUT2D eigenvalue weighted by Gasteiger charge is -2.07. The number of aryl methyl sites for hydroxylation is 1. The Bertz CT molecular complexity index is 1130. The van der Waals surface area contributed by atoms with Gasteiger partial charge in [0.05, 0.1) is 6.26 Å². The van der Waals surface area contributed by atoms with E-state index in [1.54, 1.807) is 48.7 Å². The normalized spacial score (nSPS) is 10.7. The van der Waals surface area contributed by atoms with Crippen LogP contribution in [-0.4, -0.2) is 31.4 Å². The average molecular weight is 362 g/mol. The molecule has 3 heterocycles. The second kappa shape index (κ2) is 6.71. The monoisotopic (exact) mass is 362 g/mol. The van der Waals surface area contributed by atoms with Gasteiger partial charge in [0.2, 0.25) is 5.82 Å². The highest BCUT2D eigenvalue weighted by atomic mass is 16.3. The van der Waals surface area contributed by atoms with Crippen molar-refractivity contribution in [3.8, 4) is 0 Å². The summed E-state index contributed by atoms with van der Waals surface area (Å²) in [4.78, 5) is 32.7. The molecule has 0 saturated heterocycles. The fraction of sp³-hybridized carbons (Fsp3) is 0.0556. The van der Waals surface area contributed by atoms with Gasteiger partial charge in [-0.1, -0.05) is 6.07 Å². The smallest absolute Gasteiger partial charge is 0.295 e. The number of aromatic nitrogens is 4. The van der Waals surface area contributed by atoms with Crippen molar-refractivity contribution >= 4 is 29.0 Å². The summed E-state index contributed by atoms with van der Waals surface area (Å²) in [7, 11) is 0. The molecule has 0 aliphatic rings. The van der Waals surface area contributed by atoms with E-state index in [2.05, 4.69) is 25.7 Å². The van der Waals surface area contributed by atoms with Crippen LogP contribution in [0.4, 0.5) is 11.4 Å². The number of fused-ring (bicyclic) bond motifs is 1. The van der Waals surface area contributed by atoms with E-state index in [0.29, 0.717) is 17.2 Å². The number of anilines is 2. The largest absolute Gasteiger partial charge is 0.459 e. The third-order valence-electron chi connectivity index (χ3n) is 3.76. The Hall–Kier alpha value is -4.01. The molecular weight excluding hydrogens is 348 g/mol. The molecule has 0 fully saturated rings. The van der Waals surface area contributed by atoms with E-state index in [1.165, 1.54) is 10.8 Å². The predicted molar refractivity (Wildman–Crippen MR) is 96.6 cm³/mol. The summed E-state index contributed by atoms with van der Waals surface area (Å²) in [6.07, 6.45) is 3.02. The highest BCUT2D eigenvalue weighted by Gasteiger charge is 2.15. The Morgan fingerprint density at radius 3 is 2.52 bits per heavy atom. The van der Waals surface area contributed by atoms with Crippen LogP contribution in [-0.2, 0) is 0 Å². The van der Waals surface area contributed by atoms with Crippen LogP contribution in [0.3, 0.4) is 0 Å². The molecule has 1 aromatic carbocycles. The van der Waals surface area contributed by atoms with Gasteiger partial charge in [-0.3, -0.25) is 9.59 Å². The predicted octanol–water partition coefficient (Wildman–Crippen LogP) is 2.53. The summed E-state index contributed by atoms with van der Waals surface area (Å²) in [5.74, 6) is -0.316. The summed E-state index contributed by atoms with van der Waals surface area (Å²) in [6.45, 7) is 1.84. The van der Waals surface area contributed by atoms with Gasteiger partial charge in [0.1, 0.15) is 0 Å². The molecule has 3 aromatic heterocycles. The van der Waals surface area contributed by atoms with E-state index in [0.717, 1.165) is 5.69 Å². The number of nitrogens with zero attached hydrogens (tertiary/aromatic N) is 4. The summed E-state index contributed by atoms with van der Waals surface area (Å²) >= 11 is 0. The number of hydrogen-bond acceptors (Lipinski definition) is 6. The van der Waals surface area contributed by atoms with Crippen molar-refractivity contribution in [1.82, 2.24) is 19.6 Å². The molecule has 4 aromatic rings. The first kappa shape index (κ1) is 16.5. The van der Waals surface area contributed by atoms with Gasteiger partial charge in [0.25, 0.3) is 17.6 Å². The number of nitrogens with one attached hydrogen (secondary N) is 2. The Kier molecular flexibility index (Phi) is 4.09. The molecule has 0 radical (unpaired) electrons. The molecule has 0 saturated carbocycles. The molecule has 0 aliphatic heterocycles. The van der Waals surface area contributed by atoms with Gasteiger partial charge in [-0.25, -0.2) is 9.50 Å². The minimum Gasteiger partial charge on any atom is -0.459 e. The van der Waals surface area contributed by atoms with Gasteiger partial charge in [0, 0.05) is 23.3 Å². The average Bonchev–Trinajstić information content (AvgIpc) is 3.32. The lowest BCUT2D eigenvalue weighted by molar-refractivity contribution is 0.0994. The molecule has 2 amide bonds. The minimum atomic E-state index is -0.477. The highest BCUT2D eigenvalue weighted by molar-refractivity contribution is 6.04. The summed E-state index contributed by atoms with van der Waals surface area (Å²) < 4.78 is 6.55. The third-order valence-corrected chi connectivity index (χ3v) is 3.76. The Labute approximate surface area is 153 Å².